The fourth-order valence-corrected chi connectivity index (χ4v) is 1.76. The van der Waals surface area contributed by atoms with Gasteiger partial charge < -0.3 is 5.73 Å². The summed E-state index contributed by atoms with van der Waals surface area (Å²) >= 11 is 0. The zero-order valence-electron chi connectivity index (χ0n) is 9.48. The molecular weight excluding hydrogens is 196 g/mol. The zero-order valence-corrected chi connectivity index (χ0v) is 9.48. The quantitative estimate of drug-likeness (QED) is 0.822. The summed E-state index contributed by atoms with van der Waals surface area (Å²) in [4.78, 5) is 4.17. The molecule has 2 heteroatoms. The van der Waals surface area contributed by atoms with Crippen molar-refractivity contribution in [1.82, 2.24) is 0 Å². The van der Waals surface area contributed by atoms with Crippen molar-refractivity contribution in [2.45, 2.75) is 13.3 Å². The van der Waals surface area contributed by atoms with E-state index < -0.39 is 0 Å². The average molecular weight is 212 g/mol. The lowest BCUT2D eigenvalue weighted by Gasteiger charge is -2.07. The Morgan fingerprint density at radius 2 is 2.06 bits per heavy atom. The van der Waals surface area contributed by atoms with Gasteiger partial charge in [0.15, 0.2) is 0 Å². The first-order valence-corrected chi connectivity index (χ1v) is 5.43. The van der Waals surface area contributed by atoms with Crippen LogP contribution >= 0.6 is 0 Å². The van der Waals surface area contributed by atoms with Crippen LogP contribution in [0.2, 0.25) is 0 Å². The molecule has 0 spiro atoms. The van der Waals surface area contributed by atoms with E-state index in [-0.39, 0.29) is 0 Å². The van der Waals surface area contributed by atoms with Gasteiger partial charge in [-0.15, -0.1) is 0 Å². The van der Waals surface area contributed by atoms with E-state index in [4.69, 9.17) is 5.73 Å². The molecular formula is C14H16N2. The van der Waals surface area contributed by atoms with Gasteiger partial charge in [-0.1, -0.05) is 37.8 Å². The summed E-state index contributed by atoms with van der Waals surface area (Å²) in [5, 5.41) is 0. The van der Waals surface area contributed by atoms with Crippen LogP contribution in [0.5, 0.6) is 0 Å². The first kappa shape index (κ1) is 10.7. The average Bonchev–Trinajstić information content (AvgIpc) is 2.65. The van der Waals surface area contributed by atoms with E-state index in [0.29, 0.717) is 11.6 Å². The Kier molecular flexibility index (Phi) is 2.91. The number of benzene rings is 1. The first-order chi connectivity index (χ1) is 7.66. The van der Waals surface area contributed by atoms with Gasteiger partial charge in [-0.25, -0.2) is 0 Å². The molecule has 0 fully saturated rings. The molecule has 1 unspecified atom stereocenters. The third kappa shape index (κ3) is 2.22. The molecule has 2 rings (SSSR count). The lowest BCUT2D eigenvalue weighted by atomic mass is 9.97. The van der Waals surface area contributed by atoms with E-state index in [9.17, 15) is 0 Å². The van der Waals surface area contributed by atoms with Crippen LogP contribution in [0.25, 0.3) is 5.70 Å². The van der Waals surface area contributed by atoms with Crippen LogP contribution in [0, 0.1) is 5.92 Å². The standard InChI is InChI=1S/C14H16N2/c1-10-8-16-9-14(10)7-12-3-5-13(6-4-12)11(2)15/h3-6,8-10H,2,7,15H2,1H3. The second-order valence-electron chi connectivity index (χ2n) is 4.19. The molecule has 1 atom stereocenters. The van der Waals surface area contributed by atoms with Crippen molar-refractivity contribution >= 4 is 11.9 Å². The third-order valence-corrected chi connectivity index (χ3v) is 2.87. The summed E-state index contributed by atoms with van der Waals surface area (Å²) in [6.45, 7) is 5.88. The Bertz CT molecular complexity index is 452. The Balaban J connectivity index is 2.09. The maximum atomic E-state index is 5.62. The van der Waals surface area contributed by atoms with Gasteiger partial charge in [-0.2, -0.15) is 0 Å². The SMILES string of the molecule is C=C(N)c1ccc(CC2=CN=CC2C)cc1. The van der Waals surface area contributed by atoms with Gasteiger partial charge in [0.2, 0.25) is 0 Å². The molecule has 1 aliphatic rings. The third-order valence-electron chi connectivity index (χ3n) is 2.87. The van der Waals surface area contributed by atoms with E-state index in [1.54, 1.807) is 0 Å². The Morgan fingerprint density at radius 1 is 1.38 bits per heavy atom. The van der Waals surface area contributed by atoms with Crippen LogP contribution in [-0.2, 0) is 6.42 Å². The number of nitrogens with zero attached hydrogens (tertiary/aromatic N) is 1. The fraction of sp³-hybridized carbons (Fsp3) is 0.214. The van der Waals surface area contributed by atoms with E-state index in [1.807, 2.05) is 24.5 Å². The lowest BCUT2D eigenvalue weighted by Crippen LogP contribution is -2.00. The molecule has 1 aromatic rings. The number of allylic oxidation sites excluding steroid dienone is 1. The van der Waals surface area contributed by atoms with Crippen LogP contribution in [0.3, 0.4) is 0 Å². The number of hydrogen-bond acceptors (Lipinski definition) is 2. The van der Waals surface area contributed by atoms with Gasteiger partial charge in [0.1, 0.15) is 0 Å². The van der Waals surface area contributed by atoms with Crippen molar-refractivity contribution in [3.8, 4) is 0 Å². The smallest absolute Gasteiger partial charge is 0.0314 e. The largest absolute Gasteiger partial charge is 0.399 e. The summed E-state index contributed by atoms with van der Waals surface area (Å²) in [6, 6.07) is 8.22. The molecule has 0 bridgehead atoms. The molecule has 1 heterocycles. The topological polar surface area (TPSA) is 38.4 Å². The fourth-order valence-electron chi connectivity index (χ4n) is 1.76. The van der Waals surface area contributed by atoms with Gasteiger partial charge in [0.05, 0.1) is 0 Å². The maximum absolute atomic E-state index is 5.62. The van der Waals surface area contributed by atoms with Crippen LogP contribution in [-0.4, -0.2) is 6.21 Å². The van der Waals surface area contributed by atoms with Gasteiger partial charge >= 0.3 is 0 Å². The van der Waals surface area contributed by atoms with Crippen LogP contribution < -0.4 is 5.73 Å². The summed E-state index contributed by atoms with van der Waals surface area (Å²) in [7, 11) is 0. The van der Waals surface area contributed by atoms with Crippen LogP contribution in [0.15, 0.2) is 47.6 Å². The highest BCUT2D eigenvalue weighted by molar-refractivity contribution is 5.69. The molecule has 0 radical (unpaired) electrons. The second kappa shape index (κ2) is 4.35. The van der Waals surface area contributed by atoms with E-state index in [2.05, 4.69) is 30.6 Å². The molecule has 2 nitrogen and oxygen atoms in total. The zero-order chi connectivity index (χ0) is 11.5. The summed E-state index contributed by atoms with van der Waals surface area (Å²) in [6.07, 6.45) is 4.89. The van der Waals surface area contributed by atoms with E-state index in [1.165, 1.54) is 11.1 Å². The predicted octanol–water partition coefficient (Wildman–Crippen LogP) is 2.76. The highest BCUT2D eigenvalue weighted by Crippen LogP contribution is 2.20. The number of hydrogen-bond donors (Lipinski definition) is 1. The molecule has 82 valence electrons. The molecule has 0 aromatic heterocycles. The molecule has 0 saturated heterocycles. The van der Waals surface area contributed by atoms with Crippen molar-refractivity contribution in [3.05, 3.63) is 53.7 Å². The van der Waals surface area contributed by atoms with Gasteiger partial charge in [-0.05, 0) is 23.1 Å². The summed E-state index contributed by atoms with van der Waals surface area (Å²) in [5.74, 6) is 0.462. The molecule has 0 amide bonds. The van der Waals surface area contributed by atoms with Gasteiger partial charge in [0.25, 0.3) is 0 Å². The normalized spacial score (nSPS) is 18.6. The number of rotatable bonds is 3. The van der Waals surface area contributed by atoms with Crippen molar-refractivity contribution in [1.29, 1.82) is 0 Å². The van der Waals surface area contributed by atoms with Crippen molar-refractivity contribution in [2.24, 2.45) is 16.6 Å². The van der Waals surface area contributed by atoms with E-state index in [0.717, 1.165) is 12.0 Å². The Morgan fingerprint density at radius 3 is 2.56 bits per heavy atom. The molecule has 16 heavy (non-hydrogen) atoms. The number of aliphatic imine (C=N–C) groups is 1. The molecule has 2 N–H and O–H groups in total. The summed E-state index contributed by atoms with van der Waals surface area (Å²) in [5.41, 5.74) is 9.88. The number of nitrogens with two attached hydrogens (primary N) is 1. The minimum atomic E-state index is 0.462. The second-order valence-corrected chi connectivity index (χ2v) is 4.19. The maximum Gasteiger partial charge on any atom is 0.0314 e. The van der Waals surface area contributed by atoms with Crippen molar-refractivity contribution in [3.63, 3.8) is 0 Å². The minimum Gasteiger partial charge on any atom is -0.399 e. The Hall–Kier alpha value is -1.83. The van der Waals surface area contributed by atoms with Crippen LogP contribution in [0.4, 0.5) is 0 Å². The predicted molar refractivity (Wildman–Crippen MR) is 69.1 cm³/mol. The van der Waals surface area contributed by atoms with Crippen molar-refractivity contribution in [2.75, 3.05) is 0 Å². The van der Waals surface area contributed by atoms with Crippen molar-refractivity contribution < 1.29 is 0 Å². The van der Waals surface area contributed by atoms with Gasteiger partial charge in [0, 0.05) is 24.0 Å². The monoisotopic (exact) mass is 212 g/mol. The highest BCUT2D eigenvalue weighted by atomic mass is 14.7. The summed E-state index contributed by atoms with van der Waals surface area (Å²) < 4.78 is 0. The molecule has 0 aliphatic carbocycles. The first-order valence-electron chi connectivity index (χ1n) is 5.43. The molecule has 1 aromatic carbocycles. The minimum absolute atomic E-state index is 0.462. The molecule has 0 saturated carbocycles. The van der Waals surface area contributed by atoms with Gasteiger partial charge in [-0.3, -0.25) is 4.99 Å². The van der Waals surface area contributed by atoms with E-state index >= 15 is 0 Å². The highest BCUT2D eigenvalue weighted by Gasteiger charge is 2.10. The molecule has 1 aliphatic heterocycles. The van der Waals surface area contributed by atoms with Crippen LogP contribution in [0.1, 0.15) is 18.1 Å². The Labute approximate surface area is 96.2 Å². The lowest BCUT2D eigenvalue weighted by molar-refractivity contribution is 0.900.